The minimum absolute atomic E-state index is 0. The van der Waals surface area contributed by atoms with Gasteiger partial charge in [-0.05, 0) is 0 Å². The molecule has 0 aromatic carbocycles. The van der Waals surface area contributed by atoms with Crippen LogP contribution in [0.3, 0.4) is 0 Å². The maximum Gasteiger partial charge on any atom is 1.00 e. The first-order valence-electron chi connectivity index (χ1n) is 0.783. The normalized spacial score (nSPS) is 6.56. The van der Waals surface area contributed by atoms with E-state index in [9.17, 15) is 0 Å². The summed E-state index contributed by atoms with van der Waals surface area (Å²) in [5, 5.41) is 0. The molecule has 9 heteroatoms. The second-order valence-corrected chi connectivity index (χ2v) is 1.54. The van der Waals surface area contributed by atoms with E-state index in [0.29, 0.717) is 0 Å². The third-order valence-corrected chi connectivity index (χ3v) is 0. The summed E-state index contributed by atoms with van der Waals surface area (Å²) < 4.78 is 8.88. The molecular weight excluding hydrogens is 183 g/mol. The van der Waals surface area contributed by atoms with Crippen LogP contribution in [-0.2, 0) is 4.57 Å². The topological polar surface area (TPSA) is 77.8 Å². The minimum Gasteiger partial charge on any atom is -1.00 e. The van der Waals surface area contributed by atoms with Crippen LogP contribution < -0.4 is 88.7 Å². The maximum absolute atomic E-state index is 8.88. The maximum atomic E-state index is 8.88. The van der Waals surface area contributed by atoms with Crippen LogP contribution in [0.15, 0.2) is 0 Å². The first-order chi connectivity index (χ1) is 2.00. The van der Waals surface area contributed by atoms with E-state index in [1.807, 2.05) is 0 Å². The van der Waals surface area contributed by atoms with E-state index in [1.165, 1.54) is 0 Å². The summed E-state index contributed by atoms with van der Waals surface area (Å²) in [6, 6.07) is 0. The Labute approximate surface area is 123 Å². The van der Waals surface area contributed by atoms with Crippen molar-refractivity contribution in [3.8, 4) is 0 Å². The van der Waals surface area contributed by atoms with Crippen LogP contribution >= 0.6 is 7.82 Å². The molecule has 0 aliphatic carbocycles. The van der Waals surface area contributed by atoms with Gasteiger partial charge in [0.2, 0.25) is 0 Å². The van der Waals surface area contributed by atoms with E-state index in [4.69, 9.17) is 19.2 Å². The molecule has 4 nitrogen and oxygen atoms in total. The molecule has 0 unspecified atom stereocenters. The molecule has 0 saturated carbocycles. The fourth-order valence-electron chi connectivity index (χ4n) is 0. The van der Waals surface area contributed by atoms with Gasteiger partial charge in [-0.1, -0.05) is 0 Å². The number of phosphoric acid groups is 1. The molecule has 0 fully saturated rings. The fourth-order valence-corrected chi connectivity index (χ4v) is 0. The van der Waals surface area contributed by atoms with Crippen LogP contribution in [0.2, 0.25) is 0 Å². The van der Waals surface area contributed by atoms with Gasteiger partial charge < -0.3 is 19.0 Å². The average molecular weight is 190 g/mol. The molecule has 0 aromatic heterocycles. The molecule has 0 saturated heterocycles. The number of halogens is 1. The third kappa shape index (κ3) is 97.6. The summed E-state index contributed by atoms with van der Waals surface area (Å²) in [6.45, 7) is 0. The molecular formula is H7FNa3O4P. The average Bonchev–Trinajstić information content (AvgIpc) is 0.722. The van der Waals surface area contributed by atoms with Crippen molar-refractivity contribution in [3.05, 3.63) is 0 Å². The molecule has 0 atom stereocenters. The van der Waals surface area contributed by atoms with Crippen molar-refractivity contribution in [2.24, 2.45) is 0 Å². The first-order valence-corrected chi connectivity index (χ1v) is 2.35. The fraction of sp³-hybridized carbons (Fsp3) is 0. The molecule has 0 aliphatic rings. The molecule has 0 spiro atoms. The zero-order valence-corrected chi connectivity index (χ0v) is 12.5. The minimum atomic E-state index is -4.64. The molecule has 0 rings (SSSR count). The van der Waals surface area contributed by atoms with Crippen molar-refractivity contribution < 1.29 is 117 Å². The van der Waals surface area contributed by atoms with Gasteiger partial charge in [0, 0.05) is 0 Å². The van der Waals surface area contributed by atoms with E-state index >= 15 is 0 Å². The molecule has 0 bridgehead atoms. The smallest absolute Gasteiger partial charge is 1.00 e. The summed E-state index contributed by atoms with van der Waals surface area (Å²) in [7, 11) is -4.64. The van der Waals surface area contributed by atoms with Gasteiger partial charge >= 0.3 is 96.5 Å². The zero-order valence-electron chi connectivity index (χ0n) is 8.61. The van der Waals surface area contributed by atoms with Crippen LogP contribution in [0.4, 0.5) is 4.70 Å². The van der Waals surface area contributed by atoms with E-state index in [2.05, 4.69) is 0 Å². The molecule has 9 heavy (non-hydrogen) atoms. The van der Waals surface area contributed by atoms with E-state index in [1.54, 1.807) is 0 Å². The van der Waals surface area contributed by atoms with Crippen molar-refractivity contribution in [3.63, 3.8) is 0 Å². The molecule has 0 radical (unpaired) electrons. The monoisotopic (exact) mass is 190 g/mol. The van der Waals surface area contributed by atoms with Crippen molar-refractivity contribution in [1.82, 2.24) is 0 Å². The Morgan fingerprint density at radius 3 is 1.00 bits per heavy atom. The van der Waals surface area contributed by atoms with Gasteiger partial charge in [0.05, 0.1) is 0 Å². The Balaban J connectivity index is -0.00000000381. The summed E-state index contributed by atoms with van der Waals surface area (Å²) in [6.07, 6.45) is 0. The Morgan fingerprint density at radius 1 is 1.00 bits per heavy atom. The molecule has 0 aliphatic heterocycles. The summed E-state index contributed by atoms with van der Waals surface area (Å²) in [5.74, 6) is 0. The van der Waals surface area contributed by atoms with Crippen molar-refractivity contribution in [1.29, 1.82) is 0 Å². The van der Waals surface area contributed by atoms with Gasteiger partial charge in [0.1, 0.15) is 0 Å². The summed E-state index contributed by atoms with van der Waals surface area (Å²) in [4.78, 5) is 21.6. The summed E-state index contributed by atoms with van der Waals surface area (Å²) in [5.41, 5.74) is 0. The van der Waals surface area contributed by atoms with Crippen molar-refractivity contribution >= 4 is 7.82 Å². The van der Waals surface area contributed by atoms with Gasteiger partial charge in [-0.3, -0.25) is 4.70 Å². The number of hydrogen-bond donors (Lipinski definition) is 3. The largest absolute Gasteiger partial charge is 1.00 e. The van der Waals surface area contributed by atoms with Crippen LogP contribution in [-0.4, -0.2) is 14.7 Å². The van der Waals surface area contributed by atoms with E-state index in [-0.39, 0.29) is 97.7 Å². The van der Waals surface area contributed by atoms with Gasteiger partial charge in [0.25, 0.3) is 0 Å². The molecule has 3 N–H and O–H groups in total. The van der Waals surface area contributed by atoms with Gasteiger partial charge in [-0.25, -0.2) is 4.57 Å². The molecule has 46 valence electrons. The van der Waals surface area contributed by atoms with Crippen LogP contribution in [0.25, 0.3) is 0 Å². The molecule has 0 aromatic rings. The van der Waals surface area contributed by atoms with Gasteiger partial charge in [0.15, 0.2) is 0 Å². The predicted molar refractivity (Wildman–Crippen MR) is 20.1 cm³/mol. The Kier molecular flexibility index (Phi) is 44.8. The number of rotatable bonds is 0. The first kappa shape index (κ1) is 29.6. The van der Waals surface area contributed by atoms with E-state index < -0.39 is 7.82 Å². The quantitative estimate of drug-likeness (QED) is 0.262. The number of hydrogen-bond acceptors (Lipinski definition) is 1. The van der Waals surface area contributed by atoms with Crippen LogP contribution in [0, 0.1) is 0 Å². The molecule has 0 heterocycles. The standard InChI is InChI=1S/FH.3Na.H3O4P.3H/c;;;;1-5(2,3)4;;;/h1H;;;;(H3,1,2,3,4);;;/q;3*+1;;3*-1. The summed E-state index contributed by atoms with van der Waals surface area (Å²) >= 11 is 0. The van der Waals surface area contributed by atoms with Gasteiger partial charge in [-0.15, -0.1) is 0 Å². The predicted octanol–water partition coefficient (Wildman–Crippen LogP) is -9.43. The van der Waals surface area contributed by atoms with Crippen LogP contribution in [0.1, 0.15) is 4.28 Å². The second kappa shape index (κ2) is 13.6. The third-order valence-electron chi connectivity index (χ3n) is 0. The Morgan fingerprint density at radius 2 is 1.00 bits per heavy atom. The van der Waals surface area contributed by atoms with Gasteiger partial charge in [-0.2, -0.15) is 0 Å². The second-order valence-electron chi connectivity index (χ2n) is 0.513. The van der Waals surface area contributed by atoms with Crippen molar-refractivity contribution in [2.75, 3.05) is 0 Å². The van der Waals surface area contributed by atoms with Crippen molar-refractivity contribution in [2.45, 2.75) is 0 Å². The van der Waals surface area contributed by atoms with E-state index in [0.717, 1.165) is 0 Å². The van der Waals surface area contributed by atoms with Crippen LogP contribution in [0.5, 0.6) is 0 Å². The Bertz CT molecular complexity index is 71.7. The Hall–Kier alpha value is 3.04. The SMILES string of the molecule is F.O=P(O)(O)O.[H-].[H-].[H-].[Na+].[Na+].[Na+]. The molecule has 0 amide bonds. The zero-order chi connectivity index (χ0) is 4.50.